The highest BCUT2D eigenvalue weighted by molar-refractivity contribution is 9.10. The summed E-state index contributed by atoms with van der Waals surface area (Å²) in [5.74, 6) is 0. The van der Waals surface area contributed by atoms with Gasteiger partial charge in [-0.05, 0) is 35.2 Å². The fraction of sp³-hybridized carbons (Fsp3) is 0.500. The molecule has 0 atom stereocenters. The van der Waals surface area contributed by atoms with Crippen LogP contribution in [0.25, 0.3) is 0 Å². The van der Waals surface area contributed by atoms with Gasteiger partial charge in [-0.1, -0.05) is 0 Å². The minimum atomic E-state index is 0.507. The Labute approximate surface area is 78.9 Å². The zero-order valence-electron chi connectivity index (χ0n) is 6.53. The molecule has 1 aliphatic carbocycles. The summed E-state index contributed by atoms with van der Waals surface area (Å²) in [6.45, 7) is 0. The Balaban J connectivity index is 2.31. The summed E-state index contributed by atoms with van der Waals surface area (Å²) < 4.78 is 2.72. The molecule has 0 saturated heterocycles. The number of halogens is 1. The van der Waals surface area contributed by atoms with Crippen molar-refractivity contribution in [2.24, 2.45) is 0 Å². The topological polar surface area (TPSA) is 34.9 Å². The number of aldehydes is 1. The van der Waals surface area contributed by atoms with E-state index in [9.17, 15) is 4.79 Å². The molecule has 4 heteroatoms. The van der Waals surface area contributed by atoms with Crippen molar-refractivity contribution in [3.8, 4) is 0 Å². The molecule has 0 N–H and O–H groups in total. The fourth-order valence-corrected chi connectivity index (χ4v) is 1.90. The highest BCUT2D eigenvalue weighted by Gasteiger charge is 2.22. The maximum atomic E-state index is 10.5. The van der Waals surface area contributed by atoms with Gasteiger partial charge >= 0.3 is 0 Å². The summed E-state index contributed by atoms with van der Waals surface area (Å²) >= 11 is 3.36. The zero-order chi connectivity index (χ0) is 8.55. The Hall–Kier alpha value is -0.640. The fourth-order valence-electron chi connectivity index (χ4n) is 1.33. The van der Waals surface area contributed by atoms with E-state index in [0.717, 1.165) is 10.9 Å². The molecule has 1 fully saturated rings. The number of hydrogen-bond acceptors (Lipinski definition) is 2. The minimum absolute atomic E-state index is 0.507. The number of aromatic nitrogens is 2. The molecule has 0 spiro atoms. The van der Waals surface area contributed by atoms with Crippen LogP contribution in [0.1, 0.15) is 35.7 Å². The molecular weight excluding hydrogens is 220 g/mol. The molecular formula is C8H9BrN2O. The molecule has 0 aliphatic heterocycles. The van der Waals surface area contributed by atoms with Crippen molar-refractivity contribution in [1.29, 1.82) is 0 Å². The van der Waals surface area contributed by atoms with Crippen LogP contribution in [0.2, 0.25) is 0 Å². The van der Waals surface area contributed by atoms with Crippen molar-refractivity contribution < 1.29 is 4.79 Å². The van der Waals surface area contributed by atoms with Crippen molar-refractivity contribution in [2.75, 3.05) is 0 Å². The Bertz CT molecular complexity index is 304. The summed E-state index contributed by atoms with van der Waals surface area (Å²) in [4.78, 5) is 10.5. The lowest BCUT2D eigenvalue weighted by Gasteiger charge is -2.26. The monoisotopic (exact) mass is 228 g/mol. The SMILES string of the molecule is O=Cc1cnn(C2CCC2)c1Br. The third-order valence-corrected chi connectivity index (χ3v) is 3.13. The van der Waals surface area contributed by atoms with Gasteiger partial charge in [0.1, 0.15) is 4.60 Å². The first-order chi connectivity index (χ1) is 5.83. The van der Waals surface area contributed by atoms with Crippen LogP contribution >= 0.6 is 15.9 Å². The Morgan fingerprint density at radius 2 is 2.42 bits per heavy atom. The molecule has 2 rings (SSSR count). The van der Waals surface area contributed by atoms with Gasteiger partial charge < -0.3 is 0 Å². The van der Waals surface area contributed by atoms with Crippen LogP contribution in [0.4, 0.5) is 0 Å². The quantitative estimate of drug-likeness (QED) is 0.728. The molecule has 0 radical (unpaired) electrons. The number of hydrogen-bond donors (Lipinski definition) is 0. The van der Waals surface area contributed by atoms with Crippen molar-refractivity contribution >= 4 is 22.2 Å². The Kier molecular flexibility index (Phi) is 2.00. The Morgan fingerprint density at radius 1 is 1.67 bits per heavy atom. The third-order valence-electron chi connectivity index (χ3n) is 2.31. The van der Waals surface area contributed by atoms with Crippen molar-refractivity contribution in [1.82, 2.24) is 9.78 Å². The number of carbonyl (C=O) groups excluding carboxylic acids is 1. The lowest BCUT2D eigenvalue weighted by molar-refractivity contribution is 0.112. The molecule has 1 aliphatic rings. The third kappa shape index (κ3) is 1.10. The van der Waals surface area contributed by atoms with E-state index in [2.05, 4.69) is 21.0 Å². The van der Waals surface area contributed by atoms with E-state index in [4.69, 9.17) is 0 Å². The normalized spacial score (nSPS) is 17.4. The molecule has 1 saturated carbocycles. The van der Waals surface area contributed by atoms with Gasteiger partial charge in [0.05, 0.1) is 17.8 Å². The first-order valence-electron chi connectivity index (χ1n) is 4.01. The predicted octanol–water partition coefficient (Wildman–Crippen LogP) is 2.18. The van der Waals surface area contributed by atoms with Crippen LogP contribution in [-0.2, 0) is 0 Å². The van der Waals surface area contributed by atoms with E-state index in [1.54, 1.807) is 6.20 Å². The van der Waals surface area contributed by atoms with E-state index in [0.29, 0.717) is 11.6 Å². The molecule has 64 valence electrons. The smallest absolute Gasteiger partial charge is 0.154 e. The summed E-state index contributed by atoms with van der Waals surface area (Å²) in [5, 5.41) is 4.15. The van der Waals surface area contributed by atoms with Crippen molar-refractivity contribution in [3.05, 3.63) is 16.4 Å². The summed E-state index contributed by atoms with van der Waals surface area (Å²) in [5.41, 5.74) is 0.641. The van der Waals surface area contributed by atoms with Gasteiger partial charge in [0.15, 0.2) is 6.29 Å². The first-order valence-corrected chi connectivity index (χ1v) is 4.80. The average molecular weight is 229 g/mol. The molecule has 1 aromatic heterocycles. The molecule has 0 amide bonds. The van der Waals surface area contributed by atoms with Gasteiger partial charge in [0.2, 0.25) is 0 Å². The van der Waals surface area contributed by atoms with Crippen LogP contribution in [-0.4, -0.2) is 16.1 Å². The van der Waals surface area contributed by atoms with Gasteiger partial charge in [-0.3, -0.25) is 9.48 Å². The van der Waals surface area contributed by atoms with Gasteiger partial charge in [0, 0.05) is 0 Å². The standard InChI is InChI=1S/C8H9BrN2O/c9-8-6(5-12)4-10-11(8)7-2-1-3-7/h4-5,7H,1-3H2. The van der Waals surface area contributed by atoms with E-state index in [1.165, 1.54) is 19.3 Å². The maximum Gasteiger partial charge on any atom is 0.154 e. The van der Waals surface area contributed by atoms with E-state index in [-0.39, 0.29) is 0 Å². The molecule has 1 heterocycles. The van der Waals surface area contributed by atoms with Gasteiger partial charge in [-0.2, -0.15) is 5.10 Å². The van der Waals surface area contributed by atoms with Crippen LogP contribution in [0.15, 0.2) is 10.8 Å². The molecule has 12 heavy (non-hydrogen) atoms. The highest BCUT2D eigenvalue weighted by Crippen LogP contribution is 2.33. The largest absolute Gasteiger partial charge is 0.298 e. The van der Waals surface area contributed by atoms with Crippen LogP contribution in [0.3, 0.4) is 0 Å². The molecule has 0 bridgehead atoms. The molecule has 0 unspecified atom stereocenters. The summed E-state index contributed by atoms with van der Waals surface area (Å²) in [6, 6.07) is 0.507. The Morgan fingerprint density at radius 3 is 2.83 bits per heavy atom. The van der Waals surface area contributed by atoms with Gasteiger partial charge in [-0.15, -0.1) is 0 Å². The summed E-state index contributed by atoms with van der Waals surface area (Å²) in [6.07, 6.45) is 6.06. The second-order valence-corrected chi connectivity index (χ2v) is 3.79. The number of nitrogens with zero attached hydrogens (tertiary/aromatic N) is 2. The maximum absolute atomic E-state index is 10.5. The first kappa shape index (κ1) is 7.98. The van der Waals surface area contributed by atoms with Crippen LogP contribution < -0.4 is 0 Å². The zero-order valence-corrected chi connectivity index (χ0v) is 8.12. The van der Waals surface area contributed by atoms with E-state index < -0.39 is 0 Å². The van der Waals surface area contributed by atoms with E-state index in [1.807, 2.05) is 4.68 Å². The predicted molar refractivity (Wildman–Crippen MR) is 48.2 cm³/mol. The number of rotatable bonds is 2. The average Bonchev–Trinajstić information content (AvgIpc) is 2.30. The molecule has 3 nitrogen and oxygen atoms in total. The second kappa shape index (κ2) is 3.01. The van der Waals surface area contributed by atoms with Gasteiger partial charge in [-0.25, -0.2) is 0 Å². The molecule has 0 aromatic carbocycles. The van der Waals surface area contributed by atoms with Crippen LogP contribution in [0.5, 0.6) is 0 Å². The summed E-state index contributed by atoms with van der Waals surface area (Å²) in [7, 11) is 0. The highest BCUT2D eigenvalue weighted by atomic mass is 79.9. The van der Waals surface area contributed by atoms with Crippen LogP contribution in [0, 0.1) is 0 Å². The number of carbonyl (C=O) groups is 1. The van der Waals surface area contributed by atoms with Crippen molar-refractivity contribution in [2.45, 2.75) is 25.3 Å². The lowest BCUT2D eigenvalue weighted by Crippen LogP contribution is -2.18. The molecule has 1 aromatic rings. The second-order valence-electron chi connectivity index (χ2n) is 3.04. The van der Waals surface area contributed by atoms with Gasteiger partial charge in [0.25, 0.3) is 0 Å². The van der Waals surface area contributed by atoms with Crippen molar-refractivity contribution in [3.63, 3.8) is 0 Å². The lowest BCUT2D eigenvalue weighted by atomic mass is 9.93. The van der Waals surface area contributed by atoms with E-state index >= 15 is 0 Å². The minimum Gasteiger partial charge on any atom is -0.298 e.